The van der Waals surface area contributed by atoms with Crippen LogP contribution < -0.4 is 0 Å². The van der Waals surface area contributed by atoms with Crippen molar-refractivity contribution in [2.45, 2.75) is 64.6 Å². The Balaban J connectivity index is 3.60. The molecule has 96 valence electrons. The van der Waals surface area contributed by atoms with Gasteiger partial charge in [0.1, 0.15) is 0 Å². The van der Waals surface area contributed by atoms with Crippen LogP contribution in [0.4, 0.5) is 0 Å². The molecule has 0 aliphatic carbocycles. The summed E-state index contributed by atoms with van der Waals surface area (Å²) in [6.07, 6.45) is 2.25. The predicted octanol–water partition coefficient (Wildman–Crippen LogP) is 1.63. The summed E-state index contributed by atoms with van der Waals surface area (Å²) in [5, 5.41) is 18.9. The highest BCUT2D eigenvalue weighted by Gasteiger charge is 2.15. The van der Waals surface area contributed by atoms with E-state index in [4.69, 9.17) is 4.74 Å². The van der Waals surface area contributed by atoms with Gasteiger partial charge in [0.25, 0.3) is 0 Å². The van der Waals surface area contributed by atoms with Crippen molar-refractivity contribution >= 4 is 5.97 Å². The van der Waals surface area contributed by atoms with Gasteiger partial charge in [-0.1, -0.05) is 26.7 Å². The Labute approximate surface area is 97.6 Å². The van der Waals surface area contributed by atoms with Gasteiger partial charge in [-0.05, 0) is 19.3 Å². The van der Waals surface area contributed by atoms with Crippen molar-refractivity contribution in [1.82, 2.24) is 0 Å². The number of esters is 1. The molecule has 0 heterocycles. The van der Waals surface area contributed by atoms with Crippen LogP contribution in [0.25, 0.3) is 0 Å². The van der Waals surface area contributed by atoms with Crippen LogP contribution in [-0.4, -0.2) is 35.0 Å². The molecule has 0 aliphatic heterocycles. The molecule has 0 saturated carbocycles. The molecule has 0 fully saturated rings. The number of carbonyl (C=O) groups is 1. The smallest absolute Gasteiger partial charge is 0.308 e. The van der Waals surface area contributed by atoms with Crippen LogP contribution in [0.1, 0.15) is 52.4 Å². The predicted molar refractivity (Wildman–Crippen MR) is 62.0 cm³/mol. The first kappa shape index (κ1) is 15.4. The zero-order chi connectivity index (χ0) is 12.4. The third-order valence-electron chi connectivity index (χ3n) is 2.33. The SMILES string of the molecule is CCCCOC(=O)C[C@H](O)C[C@@H](O)CCC. The summed E-state index contributed by atoms with van der Waals surface area (Å²) >= 11 is 0. The number of aliphatic hydroxyl groups excluding tert-OH is 2. The first-order valence-corrected chi connectivity index (χ1v) is 6.11. The molecule has 16 heavy (non-hydrogen) atoms. The highest BCUT2D eigenvalue weighted by Crippen LogP contribution is 2.08. The van der Waals surface area contributed by atoms with Gasteiger partial charge in [0.15, 0.2) is 0 Å². The maximum absolute atomic E-state index is 11.2. The lowest BCUT2D eigenvalue weighted by atomic mass is 10.1. The molecule has 4 nitrogen and oxygen atoms in total. The minimum Gasteiger partial charge on any atom is -0.466 e. The summed E-state index contributed by atoms with van der Waals surface area (Å²) in [6.45, 7) is 4.40. The number of rotatable bonds is 9. The van der Waals surface area contributed by atoms with E-state index in [9.17, 15) is 15.0 Å². The van der Waals surface area contributed by atoms with Gasteiger partial charge in [-0.25, -0.2) is 0 Å². The summed E-state index contributed by atoms with van der Waals surface area (Å²) in [4.78, 5) is 11.2. The van der Waals surface area contributed by atoms with E-state index in [-0.39, 0.29) is 18.8 Å². The molecule has 0 aromatic rings. The van der Waals surface area contributed by atoms with E-state index in [1.807, 2.05) is 13.8 Å². The second-order valence-corrected chi connectivity index (χ2v) is 4.11. The van der Waals surface area contributed by atoms with Crippen LogP contribution in [0.15, 0.2) is 0 Å². The molecule has 4 heteroatoms. The van der Waals surface area contributed by atoms with Crippen molar-refractivity contribution in [2.24, 2.45) is 0 Å². The Morgan fingerprint density at radius 1 is 1.19 bits per heavy atom. The Bertz CT molecular complexity index is 182. The third kappa shape index (κ3) is 8.68. The minimum atomic E-state index is -0.796. The zero-order valence-corrected chi connectivity index (χ0v) is 10.3. The first-order chi connectivity index (χ1) is 7.60. The molecule has 2 atom stereocenters. The molecule has 0 amide bonds. The average Bonchev–Trinajstić information content (AvgIpc) is 2.17. The number of unbranched alkanes of at least 4 members (excludes halogenated alkanes) is 1. The van der Waals surface area contributed by atoms with Crippen LogP contribution in [0.3, 0.4) is 0 Å². The number of aliphatic hydroxyl groups is 2. The minimum absolute atomic E-state index is 0.0233. The Morgan fingerprint density at radius 3 is 2.44 bits per heavy atom. The number of hydrogen-bond donors (Lipinski definition) is 2. The van der Waals surface area contributed by atoms with Gasteiger partial charge in [0, 0.05) is 0 Å². The third-order valence-corrected chi connectivity index (χ3v) is 2.33. The molecule has 0 radical (unpaired) electrons. The largest absolute Gasteiger partial charge is 0.466 e. The summed E-state index contributed by atoms with van der Waals surface area (Å²) in [7, 11) is 0. The highest BCUT2D eigenvalue weighted by atomic mass is 16.5. The van der Waals surface area contributed by atoms with Crippen LogP contribution >= 0.6 is 0 Å². The van der Waals surface area contributed by atoms with E-state index >= 15 is 0 Å². The van der Waals surface area contributed by atoms with Crippen molar-refractivity contribution in [2.75, 3.05) is 6.61 Å². The van der Waals surface area contributed by atoms with E-state index in [1.165, 1.54) is 0 Å². The summed E-state index contributed by atoms with van der Waals surface area (Å²) in [5.41, 5.74) is 0. The fourth-order valence-electron chi connectivity index (χ4n) is 1.43. The van der Waals surface area contributed by atoms with Gasteiger partial charge in [0.05, 0.1) is 25.2 Å². The molecule has 2 N–H and O–H groups in total. The van der Waals surface area contributed by atoms with Gasteiger partial charge in [-0.3, -0.25) is 4.79 Å². The lowest BCUT2D eigenvalue weighted by Gasteiger charge is -2.14. The van der Waals surface area contributed by atoms with Crippen molar-refractivity contribution in [3.8, 4) is 0 Å². The second kappa shape index (κ2) is 9.60. The molecule has 0 aromatic heterocycles. The number of carbonyl (C=O) groups excluding carboxylic acids is 1. The topological polar surface area (TPSA) is 66.8 Å². The lowest BCUT2D eigenvalue weighted by molar-refractivity contribution is -0.146. The van der Waals surface area contributed by atoms with Gasteiger partial charge in [0.2, 0.25) is 0 Å². The van der Waals surface area contributed by atoms with Crippen LogP contribution in [0.2, 0.25) is 0 Å². The van der Waals surface area contributed by atoms with Crippen LogP contribution in [0.5, 0.6) is 0 Å². The lowest BCUT2D eigenvalue weighted by Crippen LogP contribution is -2.22. The fourth-order valence-corrected chi connectivity index (χ4v) is 1.43. The van der Waals surface area contributed by atoms with Gasteiger partial charge in [-0.2, -0.15) is 0 Å². The normalized spacial score (nSPS) is 14.5. The molecule has 0 aromatic carbocycles. The Kier molecular flexibility index (Phi) is 9.24. The van der Waals surface area contributed by atoms with Gasteiger partial charge >= 0.3 is 5.97 Å². The molecule has 0 saturated heterocycles. The summed E-state index contributed by atoms with van der Waals surface area (Å²) in [5.74, 6) is -0.385. The Hall–Kier alpha value is -0.610. The number of hydrogen-bond acceptors (Lipinski definition) is 4. The average molecular weight is 232 g/mol. The quantitative estimate of drug-likeness (QED) is 0.468. The van der Waals surface area contributed by atoms with E-state index in [1.54, 1.807) is 0 Å². The number of ether oxygens (including phenoxy) is 1. The molecule has 0 rings (SSSR count). The maximum atomic E-state index is 11.2. The van der Waals surface area contributed by atoms with E-state index < -0.39 is 12.2 Å². The monoisotopic (exact) mass is 232 g/mol. The van der Waals surface area contributed by atoms with Crippen molar-refractivity contribution in [3.63, 3.8) is 0 Å². The zero-order valence-electron chi connectivity index (χ0n) is 10.3. The van der Waals surface area contributed by atoms with Crippen LogP contribution in [0, 0.1) is 0 Å². The second-order valence-electron chi connectivity index (χ2n) is 4.11. The van der Waals surface area contributed by atoms with E-state index in [0.29, 0.717) is 13.0 Å². The highest BCUT2D eigenvalue weighted by molar-refractivity contribution is 5.69. The van der Waals surface area contributed by atoms with Gasteiger partial charge < -0.3 is 14.9 Å². The summed E-state index contributed by atoms with van der Waals surface area (Å²) < 4.78 is 4.91. The molecular weight excluding hydrogens is 208 g/mol. The van der Waals surface area contributed by atoms with Crippen LogP contribution in [-0.2, 0) is 9.53 Å². The Morgan fingerprint density at radius 2 is 1.88 bits per heavy atom. The molecule has 0 bridgehead atoms. The molecule has 0 aliphatic rings. The van der Waals surface area contributed by atoms with Crippen molar-refractivity contribution in [3.05, 3.63) is 0 Å². The van der Waals surface area contributed by atoms with E-state index in [2.05, 4.69) is 0 Å². The van der Waals surface area contributed by atoms with E-state index in [0.717, 1.165) is 19.3 Å². The van der Waals surface area contributed by atoms with Crippen molar-refractivity contribution < 1.29 is 19.7 Å². The fraction of sp³-hybridized carbons (Fsp3) is 0.917. The standard InChI is InChI=1S/C12H24O4/c1-3-5-7-16-12(15)9-11(14)8-10(13)6-4-2/h10-11,13-14H,3-9H2,1-2H3/t10-,11+/m0/s1. The van der Waals surface area contributed by atoms with Gasteiger partial charge in [-0.15, -0.1) is 0 Å². The molecule has 0 spiro atoms. The maximum Gasteiger partial charge on any atom is 0.308 e. The first-order valence-electron chi connectivity index (χ1n) is 6.11. The summed E-state index contributed by atoms with van der Waals surface area (Å²) in [6, 6.07) is 0. The molecule has 0 unspecified atom stereocenters. The molecular formula is C12H24O4. The van der Waals surface area contributed by atoms with Crippen molar-refractivity contribution in [1.29, 1.82) is 0 Å².